The molecule has 1 amide bonds. The Morgan fingerprint density at radius 1 is 1.56 bits per heavy atom. The van der Waals surface area contributed by atoms with E-state index in [1.165, 1.54) is 0 Å². The van der Waals surface area contributed by atoms with E-state index in [1.54, 1.807) is 0 Å². The smallest absolute Gasteiger partial charge is 0.222 e. The summed E-state index contributed by atoms with van der Waals surface area (Å²) < 4.78 is 0. The predicted molar refractivity (Wildman–Crippen MR) is 70.2 cm³/mol. The van der Waals surface area contributed by atoms with Crippen LogP contribution in [-0.2, 0) is 4.79 Å². The molecule has 4 heteroatoms. The molecule has 1 aliphatic heterocycles. The van der Waals surface area contributed by atoms with Gasteiger partial charge in [-0.2, -0.15) is 0 Å². The monoisotopic (exact) mass is 242 g/mol. The van der Waals surface area contributed by atoms with Crippen LogP contribution >= 0.6 is 12.2 Å². The fourth-order valence-corrected chi connectivity index (χ4v) is 1.98. The number of carbonyl (C=O) groups excluding carboxylic acids is 1. The zero-order valence-electron chi connectivity index (χ0n) is 10.5. The van der Waals surface area contributed by atoms with Crippen LogP contribution in [0.15, 0.2) is 0 Å². The number of nitrogens with zero attached hydrogens (tertiary/aromatic N) is 1. The molecule has 2 N–H and O–H groups in total. The Balaban J connectivity index is 2.60. The van der Waals surface area contributed by atoms with Crippen LogP contribution < -0.4 is 5.73 Å². The second kappa shape index (κ2) is 5.13. The van der Waals surface area contributed by atoms with Crippen LogP contribution in [-0.4, -0.2) is 28.9 Å². The van der Waals surface area contributed by atoms with Crippen molar-refractivity contribution in [1.29, 1.82) is 0 Å². The molecule has 0 aliphatic carbocycles. The Bertz CT molecular complexity index is 289. The van der Waals surface area contributed by atoms with Crippen molar-refractivity contribution >= 4 is 23.1 Å². The summed E-state index contributed by atoms with van der Waals surface area (Å²) in [6, 6.07) is 0. The largest absolute Gasteiger partial charge is 0.393 e. The fraction of sp³-hybridized carbons (Fsp3) is 0.833. The first-order chi connectivity index (χ1) is 7.32. The summed E-state index contributed by atoms with van der Waals surface area (Å²) in [6.45, 7) is 7.93. The molecule has 16 heavy (non-hydrogen) atoms. The standard InChI is InChI=1S/C12H22N2OS/c1-9(11(13)16)8-14-7-6-12(2,3)5-4-10(14)15/h9H,4-8H2,1-3H3,(H2,13,16). The maximum atomic E-state index is 11.9. The molecule has 0 aromatic rings. The first kappa shape index (κ1) is 13.4. The molecule has 0 spiro atoms. The van der Waals surface area contributed by atoms with Crippen molar-refractivity contribution in [1.82, 2.24) is 4.90 Å². The van der Waals surface area contributed by atoms with Gasteiger partial charge in [0.15, 0.2) is 0 Å². The first-order valence-electron chi connectivity index (χ1n) is 5.89. The van der Waals surface area contributed by atoms with Crippen LogP contribution in [0.2, 0.25) is 0 Å². The lowest BCUT2D eigenvalue weighted by Crippen LogP contribution is -2.38. The first-order valence-corrected chi connectivity index (χ1v) is 6.30. The number of hydrogen-bond donors (Lipinski definition) is 1. The van der Waals surface area contributed by atoms with Crippen molar-refractivity contribution < 1.29 is 4.79 Å². The molecule has 1 heterocycles. The van der Waals surface area contributed by atoms with Crippen molar-refractivity contribution in [3.8, 4) is 0 Å². The quantitative estimate of drug-likeness (QED) is 0.769. The lowest BCUT2D eigenvalue weighted by atomic mass is 9.85. The molecule has 0 radical (unpaired) electrons. The Morgan fingerprint density at radius 2 is 2.19 bits per heavy atom. The highest BCUT2D eigenvalue weighted by Gasteiger charge is 2.28. The number of nitrogens with two attached hydrogens (primary N) is 1. The molecule has 0 bridgehead atoms. The Hall–Kier alpha value is -0.640. The van der Waals surface area contributed by atoms with Crippen molar-refractivity contribution in [3.05, 3.63) is 0 Å². The van der Waals surface area contributed by atoms with Crippen LogP contribution in [0.5, 0.6) is 0 Å². The molecule has 0 aromatic heterocycles. The van der Waals surface area contributed by atoms with Crippen LogP contribution in [0.4, 0.5) is 0 Å². The SMILES string of the molecule is CC(CN1CCC(C)(C)CCC1=O)C(N)=S. The highest BCUT2D eigenvalue weighted by Crippen LogP contribution is 2.30. The summed E-state index contributed by atoms with van der Waals surface area (Å²) in [6.07, 6.45) is 2.68. The number of likely N-dealkylation sites (tertiary alicyclic amines) is 1. The summed E-state index contributed by atoms with van der Waals surface area (Å²) in [5, 5.41) is 0. The van der Waals surface area contributed by atoms with Gasteiger partial charge in [0.1, 0.15) is 0 Å². The van der Waals surface area contributed by atoms with Gasteiger partial charge in [-0.3, -0.25) is 4.79 Å². The van der Waals surface area contributed by atoms with Crippen molar-refractivity contribution in [3.63, 3.8) is 0 Å². The van der Waals surface area contributed by atoms with E-state index in [1.807, 2.05) is 11.8 Å². The number of thiocarbonyl (C=S) groups is 1. The van der Waals surface area contributed by atoms with Crippen LogP contribution in [0, 0.1) is 11.3 Å². The number of rotatable bonds is 3. The number of amides is 1. The van der Waals surface area contributed by atoms with Gasteiger partial charge in [0.25, 0.3) is 0 Å². The average molecular weight is 242 g/mol. The lowest BCUT2D eigenvalue weighted by molar-refractivity contribution is -0.131. The Kier molecular flexibility index (Phi) is 4.30. The van der Waals surface area contributed by atoms with E-state index < -0.39 is 0 Å². The van der Waals surface area contributed by atoms with Gasteiger partial charge >= 0.3 is 0 Å². The number of carbonyl (C=O) groups is 1. The third-order valence-corrected chi connectivity index (χ3v) is 3.81. The molecule has 1 rings (SSSR count). The minimum Gasteiger partial charge on any atom is -0.393 e. The fourth-order valence-electron chi connectivity index (χ4n) is 1.90. The van der Waals surface area contributed by atoms with E-state index in [4.69, 9.17) is 18.0 Å². The van der Waals surface area contributed by atoms with E-state index >= 15 is 0 Å². The van der Waals surface area contributed by atoms with Gasteiger partial charge in [0, 0.05) is 25.4 Å². The molecule has 92 valence electrons. The van der Waals surface area contributed by atoms with E-state index in [0.29, 0.717) is 18.0 Å². The molecule has 1 aliphatic rings. The maximum Gasteiger partial charge on any atom is 0.222 e. The molecular weight excluding hydrogens is 220 g/mol. The topological polar surface area (TPSA) is 46.3 Å². The van der Waals surface area contributed by atoms with Gasteiger partial charge in [-0.15, -0.1) is 0 Å². The zero-order valence-corrected chi connectivity index (χ0v) is 11.3. The highest BCUT2D eigenvalue weighted by molar-refractivity contribution is 7.80. The molecule has 0 saturated carbocycles. The normalized spacial score (nSPS) is 22.7. The van der Waals surface area contributed by atoms with E-state index in [-0.39, 0.29) is 17.2 Å². The van der Waals surface area contributed by atoms with Crippen LogP contribution in [0.1, 0.15) is 40.0 Å². The van der Waals surface area contributed by atoms with E-state index in [9.17, 15) is 4.79 Å². The van der Waals surface area contributed by atoms with Crippen LogP contribution in [0.3, 0.4) is 0 Å². The van der Waals surface area contributed by atoms with Crippen molar-refractivity contribution in [2.45, 2.75) is 40.0 Å². The van der Waals surface area contributed by atoms with Gasteiger partial charge < -0.3 is 10.6 Å². The third kappa shape index (κ3) is 3.74. The van der Waals surface area contributed by atoms with Gasteiger partial charge in [-0.1, -0.05) is 33.0 Å². The van der Waals surface area contributed by atoms with Gasteiger partial charge in [-0.05, 0) is 18.3 Å². The maximum absolute atomic E-state index is 11.9. The molecule has 1 unspecified atom stereocenters. The predicted octanol–water partition coefficient (Wildman–Crippen LogP) is 1.95. The molecule has 1 saturated heterocycles. The summed E-state index contributed by atoms with van der Waals surface area (Å²) in [5.74, 6) is 0.355. The second-order valence-electron chi connectivity index (χ2n) is 5.56. The summed E-state index contributed by atoms with van der Waals surface area (Å²) in [4.78, 5) is 14.3. The summed E-state index contributed by atoms with van der Waals surface area (Å²) in [7, 11) is 0. The molecule has 1 fully saturated rings. The molecular formula is C12H22N2OS. The van der Waals surface area contributed by atoms with Crippen LogP contribution in [0.25, 0.3) is 0 Å². The molecule has 0 aromatic carbocycles. The highest BCUT2D eigenvalue weighted by atomic mass is 32.1. The van der Waals surface area contributed by atoms with Gasteiger partial charge in [0.2, 0.25) is 5.91 Å². The summed E-state index contributed by atoms with van der Waals surface area (Å²) in [5.41, 5.74) is 5.86. The van der Waals surface area contributed by atoms with Crippen molar-refractivity contribution in [2.75, 3.05) is 13.1 Å². The van der Waals surface area contributed by atoms with E-state index in [2.05, 4.69) is 13.8 Å². The average Bonchev–Trinajstić information content (AvgIpc) is 2.30. The number of hydrogen-bond acceptors (Lipinski definition) is 2. The summed E-state index contributed by atoms with van der Waals surface area (Å²) >= 11 is 4.94. The minimum atomic E-state index is 0.111. The minimum absolute atomic E-state index is 0.111. The van der Waals surface area contributed by atoms with Gasteiger partial charge in [-0.25, -0.2) is 0 Å². The Labute approximate surface area is 103 Å². The van der Waals surface area contributed by atoms with Gasteiger partial charge in [0.05, 0.1) is 4.99 Å². The molecule has 1 atom stereocenters. The van der Waals surface area contributed by atoms with Crippen molar-refractivity contribution in [2.24, 2.45) is 17.1 Å². The molecule has 3 nitrogen and oxygen atoms in total. The lowest BCUT2D eigenvalue weighted by Gasteiger charge is -2.25. The van der Waals surface area contributed by atoms with E-state index in [0.717, 1.165) is 19.4 Å². The zero-order chi connectivity index (χ0) is 12.3. The second-order valence-corrected chi connectivity index (χ2v) is 6.03. The Morgan fingerprint density at radius 3 is 2.75 bits per heavy atom. The third-order valence-electron chi connectivity index (χ3n) is 3.41.